The molecule has 5 amide bonds. The minimum atomic E-state index is -4.99. The minimum Gasteiger partial charge on any atom is -0.379 e. The predicted molar refractivity (Wildman–Crippen MR) is 405 cm³/mol. The molecule has 4 fully saturated rings. The molecule has 0 spiro atoms. The Morgan fingerprint density at radius 1 is 0.836 bits per heavy atom. The number of aryl methyl sites for hydroxylation is 1. The second kappa shape index (κ2) is 35.8. The van der Waals surface area contributed by atoms with E-state index in [-0.39, 0.29) is 32.8 Å². The summed E-state index contributed by atoms with van der Waals surface area (Å²) in [7, 11) is -5.93. The Hall–Kier alpha value is -10.7. The molecule has 626 valence electrons. The fraction of sp³-hybridized carbons (Fsp3) is 0.473. The number of imide groups is 1. The van der Waals surface area contributed by atoms with Gasteiger partial charge in [0.25, 0.3) is 33.2 Å². The number of rotatable bonds is 16. The number of aliphatic imine (C=N–C) groups is 1. The standard InChI is InChI=1S/C23H32N2O3S.C18H14F4N2O4S.C12H10F3N3O4.C11H11F3N2O3.C10H16N6S/c1-5-23(26)11-9-19-17-7-6-16-12-20-15(14-25(24-20)29(4,27)28)13-21(16,2)18(17)8-10-22(19,23)3;1-17(26,10-29(27,28)14-6-3-12(19)4-7-14)16(25)24-13-5-2-11(9-23)15(8-13)18(20,21)22;1-11(2)9(19)17(10(20)16-11)6-3-4-8(18(21)22)7(5-6)12(13,14)15;1-6(2)10(17)15-7-3-4-9(16(18)19)8(5-7)11(12,13)14;1-8-9(16-7-15-8)5-17-4-3-13-10(12-2)14-6-11/h1,14,16-19,26H,6-13H2,2-4H3;2-8,26H,10H2,1H3,(H,24,25);3-5H,1-2H3,(H,16,20);3-6H,1-2H3,(H,15,17);7H,3-5H2,1-2H3,(H,15,16)(H2,12,13,14)/t16-,17+,18-,19-,21-,22-,23-;;;;/m0..../s1. The van der Waals surface area contributed by atoms with Crippen molar-refractivity contribution in [2.45, 2.75) is 153 Å². The quantitative estimate of drug-likeness (QED) is 0.00381. The van der Waals surface area contributed by atoms with E-state index in [4.69, 9.17) is 16.9 Å². The van der Waals surface area contributed by atoms with Gasteiger partial charge in [0, 0.05) is 71.8 Å². The molecule has 3 heterocycles. The highest BCUT2D eigenvalue weighted by atomic mass is 32.2. The molecule has 1 unspecified atom stereocenters. The summed E-state index contributed by atoms with van der Waals surface area (Å²) in [5.41, 5.74) is -8.44. The number of anilines is 3. The highest BCUT2D eigenvalue weighted by Crippen LogP contribution is 2.68. The number of hydrogen-bond acceptors (Lipinski definition) is 20. The summed E-state index contributed by atoms with van der Waals surface area (Å²) < 4.78 is 179. The monoisotopic (exact) mass is 1690 g/mol. The number of imidazole rings is 1. The number of urea groups is 1. The van der Waals surface area contributed by atoms with Gasteiger partial charge < -0.3 is 36.5 Å². The third-order valence-electron chi connectivity index (χ3n) is 21.0. The average molecular weight is 1690 g/mol. The van der Waals surface area contributed by atoms with Crippen LogP contribution >= 0.6 is 11.8 Å². The van der Waals surface area contributed by atoms with Gasteiger partial charge in [0.1, 0.15) is 28.1 Å². The second-order valence-corrected chi connectivity index (χ2v) is 34.6. The highest BCUT2D eigenvalue weighted by molar-refractivity contribution is 7.98. The van der Waals surface area contributed by atoms with Gasteiger partial charge in [-0.05, 0) is 180 Å². The summed E-state index contributed by atoms with van der Waals surface area (Å²) >= 11 is 1.79. The number of guanidine groups is 1. The molecule has 8 N–H and O–H groups in total. The van der Waals surface area contributed by atoms with Gasteiger partial charge in [-0.25, -0.2) is 35.9 Å². The third kappa shape index (κ3) is 21.5. The summed E-state index contributed by atoms with van der Waals surface area (Å²) in [4.78, 5) is 77.7. The van der Waals surface area contributed by atoms with E-state index < -0.39 is 140 Å². The Bertz CT molecular complexity index is 5110. The van der Waals surface area contributed by atoms with Crippen molar-refractivity contribution >= 4 is 89.8 Å². The number of nitrogens with zero attached hydrogens (tertiary/aromatic N) is 9. The first-order valence-electron chi connectivity index (χ1n) is 35.4. The number of nitro benzene ring substituents is 2. The largest absolute Gasteiger partial charge is 0.423 e. The maximum atomic E-state index is 13.0. The number of aliphatic hydroxyl groups is 2. The first kappa shape index (κ1) is 92.4. The zero-order chi connectivity index (χ0) is 87.0. The van der Waals surface area contributed by atoms with Gasteiger partial charge >= 0.3 is 24.6 Å². The molecule has 4 aliphatic carbocycles. The van der Waals surface area contributed by atoms with Gasteiger partial charge in [0.05, 0.1) is 67.3 Å². The molecule has 1 saturated heterocycles. The number of nitrogens with one attached hydrogen (secondary N) is 6. The van der Waals surface area contributed by atoms with Crippen LogP contribution in [0.2, 0.25) is 0 Å². The number of halogens is 10. The number of carbonyl (C=O) groups is 4. The normalized spacial score (nSPS) is 21.9. The molecule has 42 heteroatoms. The van der Waals surface area contributed by atoms with E-state index in [0.717, 1.165) is 151 Å². The number of benzene rings is 4. The smallest absolute Gasteiger partial charge is 0.379 e. The number of amides is 5. The van der Waals surface area contributed by atoms with Crippen LogP contribution in [0.5, 0.6) is 0 Å². The molecular weight excluding hydrogens is 1610 g/mol. The van der Waals surface area contributed by atoms with Crippen LogP contribution in [-0.2, 0) is 71.4 Å². The number of alkyl halides is 9. The van der Waals surface area contributed by atoms with E-state index >= 15 is 0 Å². The zero-order valence-electron chi connectivity index (χ0n) is 63.9. The molecule has 116 heavy (non-hydrogen) atoms. The summed E-state index contributed by atoms with van der Waals surface area (Å²) in [6.45, 7) is 14.2. The lowest BCUT2D eigenvalue weighted by Crippen LogP contribution is -2.56. The van der Waals surface area contributed by atoms with E-state index in [2.05, 4.69) is 61.1 Å². The molecule has 2 aromatic heterocycles. The number of fused-ring (bicyclic) bond motifs is 6. The van der Waals surface area contributed by atoms with Crippen LogP contribution in [0.15, 0.2) is 101 Å². The van der Waals surface area contributed by atoms with Gasteiger partial charge in [-0.3, -0.25) is 44.9 Å². The Morgan fingerprint density at radius 2 is 1.41 bits per heavy atom. The number of nitro groups is 2. The number of H-pyrrole nitrogens is 1. The molecule has 11 rings (SSSR count). The maximum Gasteiger partial charge on any atom is 0.423 e. The lowest BCUT2D eigenvalue weighted by Gasteiger charge is -2.60. The van der Waals surface area contributed by atoms with Crippen molar-refractivity contribution in [1.29, 1.82) is 10.5 Å². The number of thioether (sulfide) groups is 1. The molecule has 6 aromatic rings. The van der Waals surface area contributed by atoms with Crippen molar-refractivity contribution in [3.8, 4) is 24.6 Å². The molecule has 3 saturated carbocycles. The number of sulfone groups is 1. The molecule has 8 atom stereocenters. The van der Waals surface area contributed by atoms with Crippen LogP contribution < -0.4 is 31.5 Å². The van der Waals surface area contributed by atoms with Gasteiger partial charge in [-0.1, -0.05) is 33.6 Å². The van der Waals surface area contributed by atoms with Gasteiger partial charge in [0.15, 0.2) is 21.6 Å². The van der Waals surface area contributed by atoms with E-state index in [1.807, 2.05) is 18.4 Å². The fourth-order valence-electron chi connectivity index (χ4n) is 14.8. The first-order valence-corrected chi connectivity index (χ1v) is 40.0. The fourth-order valence-corrected chi connectivity index (χ4v) is 17.9. The Balaban J connectivity index is 0.000000204. The van der Waals surface area contributed by atoms with Crippen molar-refractivity contribution in [2.75, 3.05) is 46.9 Å². The molecule has 0 radical (unpaired) electrons. The molecule has 0 bridgehead atoms. The molecule has 5 aliphatic rings. The number of hydrogen-bond donors (Lipinski definition) is 8. The minimum absolute atomic E-state index is 0.128. The summed E-state index contributed by atoms with van der Waals surface area (Å²) in [5.74, 6) is 2.63. The molecule has 29 nitrogen and oxygen atoms in total. The second-order valence-electron chi connectivity index (χ2n) is 29.6. The summed E-state index contributed by atoms with van der Waals surface area (Å²) in [5, 5.41) is 76.3. The van der Waals surface area contributed by atoms with E-state index in [1.54, 1.807) is 45.2 Å². The van der Waals surface area contributed by atoms with E-state index in [9.17, 15) is 110 Å². The molecule has 4 aromatic carbocycles. The lowest BCUT2D eigenvalue weighted by molar-refractivity contribution is -0.388. The Morgan fingerprint density at radius 3 is 1.94 bits per heavy atom. The van der Waals surface area contributed by atoms with Crippen LogP contribution in [-0.4, -0.2) is 134 Å². The van der Waals surface area contributed by atoms with Crippen LogP contribution in [0, 0.1) is 109 Å². The van der Waals surface area contributed by atoms with Gasteiger partial charge in [-0.2, -0.15) is 71.0 Å². The Kier molecular flexibility index (Phi) is 28.5. The first-order chi connectivity index (χ1) is 53.6. The van der Waals surface area contributed by atoms with Gasteiger partial charge in [-0.15, -0.1) is 6.42 Å². The molecule has 1 aliphatic heterocycles. The van der Waals surface area contributed by atoms with Crippen LogP contribution in [0.3, 0.4) is 0 Å². The van der Waals surface area contributed by atoms with Crippen molar-refractivity contribution < 1.29 is 100.0 Å². The zero-order valence-corrected chi connectivity index (χ0v) is 66.4. The van der Waals surface area contributed by atoms with Crippen molar-refractivity contribution in [3.63, 3.8) is 0 Å². The van der Waals surface area contributed by atoms with E-state index in [1.165, 1.54) is 32.6 Å². The number of carbonyl (C=O) groups excluding carboxylic acids is 4. The van der Waals surface area contributed by atoms with Crippen LogP contribution in [0.1, 0.15) is 132 Å². The molecular formula is C74H83F10N15O14S3. The average Bonchev–Trinajstić information content (AvgIpc) is 1.62. The van der Waals surface area contributed by atoms with Crippen LogP contribution in [0.4, 0.5) is 77.1 Å². The number of nitriles is 2. The summed E-state index contributed by atoms with van der Waals surface area (Å²) in [6.07, 6.45) is 5.54. The number of aromatic nitrogens is 4. The van der Waals surface area contributed by atoms with Crippen molar-refractivity contribution in [3.05, 3.63) is 162 Å². The number of terminal acetylenes is 1. The topological polar surface area (TPSA) is 433 Å². The third-order valence-corrected chi connectivity index (χ3v) is 24.8. The predicted octanol–water partition coefficient (Wildman–Crippen LogP) is 12.1. The van der Waals surface area contributed by atoms with Crippen molar-refractivity contribution in [1.82, 2.24) is 35.1 Å². The number of aromatic amines is 1. The SMILES string of the molecule is C#C[C@]1(O)CC[C@H]2[C@@H]3CC[C@H]4Cc5nn(S(C)(=O)=O)cc5C[C@]4(C)[C@H]3CC[C@@]21C.CC(C)C(=O)Nc1ccc([N+](=O)[O-])c(C(F)(F)F)c1.CC(O)(CS(=O)(=O)c1ccc(F)cc1)C(=O)Nc1ccc(C#N)c(C(F)(F)F)c1.CC1(C)NC(=O)N(c2ccc([N+](=O)[O-])c(C(F)(F)F)c2)C1=O.CN=C(NC#N)NCCSCc1nc[nH]c1C. The highest BCUT2D eigenvalue weighted by Gasteiger charge is 2.64. The van der Waals surface area contributed by atoms with Crippen LogP contribution in [0.25, 0.3) is 0 Å². The Labute approximate surface area is 664 Å². The van der Waals surface area contributed by atoms with E-state index in [0.29, 0.717) is 58.8 Å². The lowest BCUT2D eigenvalue weighted by atomic mass is 9.44. The summed E-state index contributed by atoms with van der Waals surface area (Å²) in [6, 6.07) is 10.8. The van der Waals surface area contributed by atoms with Crippen molar-refractivity contribution in [2.24, 2.45) is 45.4 Å². The van der Waals surface area contributed by atoms with Gasteiger partial charge in [0.2, 0.25) is 11.9 Å². The maximum absolute atomic E-state index is 13.0.